The van der Waals surface area contributed by atoms with Crippen LogP contribution in [0.5, 0.6) is 0 Å². The molecule has 4 rings (SSSR count). The number of aromatic nitrogens is 2. The Kier molecular flexibility index (Phi) is 4.74. The lowest BCUT2D eigenvalue weighted by Gasteiger charge is -2.36. The number of fused-ring (bicyclic) bond motifs is 2. The molecule has 2 aromatic heterocycles. The molecule has 0 radical (unpaired) electrons. The second-order valence-electron chi connectivity index (χ2n) is 6.50. The Morgan fingerprint density at radius 2 is 1.88 bits per heavy atom. The maximum atomic E-state index is 10.3. The number of halogens is 1. The molecule has 0 amide bonds. The molecule has 25 heavy (non-hydrogen) atoms. The van der Waals surface area contributed by atoms with E-state index in [-0.39, 0.29) is 19.0 Å². The quantitative estimate of drug-likeness (QED) is 0.613. The van der Waals surface area contributed by atoms with Crippen molar-refractivity contribution in [1.82, 2.24) is 9.55 Å². The van der Waals surface area contributed by atoms with Gasteiger partial charge in [0, 0.05) is 22.7 Å². The van der Waals surface area contributed by atoms with Gasteiger partial charge >= 0.3 is 0 Å². The van der Waals surface area contributed by atoms with Crippen molar-refractivity contribution in [3.63, 3.8) is 0 Å². The second-order valence-corrected chi connectivity index (χ2v) is 6.50. The van der Waals surface area contributed by atoms with E-state index in [0.717, 1.165) is 33.1 Å². The number of rotatable bonds is 1. The number of aryl methyl sites for hydroxylation is 2. The summed E-state index contributed by atoms with van der Waals surface area (Å²) in [6, 6.07) is 8.01. The highest BCUT2D eigenvalue weighted by molar-refractivity contribution is 5.96. The van der Waals surface area contributed by atoms with Crippen LogP contribution in [0.3, 0.4) is 0 Å². The first-order valence-electron chi connectivity index (χ1n) is 8.00. The Morgan fingerprint density at radius 3 is 2.64 bits per heavy atom. The van der Waals surface area contributed by atoms with Crippen molar-refractivity contribution >= 4 is 34.2 Å². The van der Waals surface area contributed by atoms with Gasteiger partial charge in [-0.1, -0.05) is 0 Å². The van der Waals surface area contributed by atoms with Crippen molar-refractivity contribution in [2.45, 2.75) is 38.4 Å². The molecule has 1 aliphatic heterocycles. The number of hydrogen-bond donors (Lipinski definition) is 3. The molecule has 0 bridgehead atoms. The topological polar surface area (TPSA) is 87.7 Å². The molecule has 0 spiro atoms. The molecule has 0 saturated carbocycles. The average Bonchev–Trinajstić information content (AvgIpc) is 2.94. The van der Waals surface area contributed by atoms with Crippen LogP contribution < -0.4 is 0 Å². The molecule has 3 heterocycles. The number of pyridine rings is 1. The lowest BCUT2D eigenvalue weighted by molar-refractivity contribution is -0.209. The molecule has 7 heteroatoms. The smallest absolute Gasteiger partial charge is 0.162 e. The minimum absolute atomic E-state index is 0. The molecule has 6 nitrogen and oxygen atoms in total. The summed E-state index contributed by atoms with van der Waals surface area (Å²) in [5, 5.41) is 31.9. The highest BCUT2D eigenvalue weighted by Gasteiger charge is 2.38. The zero-order valence-electron chi connectivity index (χ0n) is 14.0. The number of nitrogens with zero attached hydrogens (tertiary/aromatic N) is 2. The van der Waals surface area contributed by atoms with E-state index in [1.54, 1.807) is 4.57 Å². The van der Waals surface area contributed by atoms with Gasteiger partial charge in [0.2, 0.25) is 0 Å². The number of hydrogen-bond acceptors (Lipinski definition) is 5. The number of aliphatic hydroxyl groups excluding tert-OH is 3. The number of aliphatic hydroxyl groups is 3. The third-order valence-electron chi connectivity index (χ3n) is 4.73. The standard InChI is InChI=1S/C18H20N2O4.ClH/c1-9-5-10(2)19-13-6-11-3-4-20(14(11)7-12(9)13)18-17(23)16(22)15(21)8-24-18;/h3-7,15-18,21-23H,8H2,1-2H3;1H/t15-,16-,17+,18?;/m0./s1. The maximum Gasteiger partial charge on any atom is 0.162 e. The summed E-state index contributed by atoms with van der Waals surface area (Å²) in [4.78, 5) is 4.58. The van der Waals surface area contributed by atoms with Gasteiger partial charge in [-0.3, -0.25) is 4.98 Å². The Balaban J connectivity index is 0.00000182. The summed E-state index contributed by atoms with van der Waals surface area (Å²) in [7, 11) is 0. The van der Waals surface area contributed by atoms with Crippen molar-refractivity contribution in [2.24, 2.45) is 0 Å². The lowest BCUT2D eigenvalue weighted by atomic mass is 10.0. The maximum absolute atomic E-state index is 10.3. The molecule has 0 aliphatic carbocycles. The van der Waals surface area contributed by atoms with Gasteiger partial charge in [-0.25, -0.2) is 0 Å². The summed E-state index contributed by atoms with van der Waals surface area (Å²) in [6.45, 7) is 4.00. The van der Waals surface area contributed by atoms with Crippen LogP contribution in [-0.2, 0) is 4.74 Å². The Hall–Kier alpha value is -1.70. The Labute approximate surface area is 151 Å². The summed E-state index contributed by atoms with van der Waals surface area (Å²) < 4.78 is 7.37. The van der Waals surface area contributed by atoms with Crippen molar-refractivity contribution in [3.05, 3.63) is 41.7 Å². The first-order valence-corrected chi connectivity index (χ1v) is 8.00. The zero-order chi connectivity index (χ0) is 17.0. The van der Waals surface area contributed by atoms with Crippen LogP contribution in [0.25, 0.3) is 21.8 Å². The van der Waals surface area contributed by atoms with E-state index in [1.165, 1.54) is 0 Å². The largest absolute Gasteiger partial charge is 0.388 e. The van der Waals surface area contributed by atoms with Crippen LogP contribution in [0.4, 0.5) is 0 Å². The molecule has 1 unspecified atom stereocenters. The fourth-order valence-corrected chi connectivity index (χ4v) is 3.47. The molecular formula is C18H21ClN2O4. The second kappa shape index (κ2) is 6.55. The van der Waals surface area contributed by atoms with Crippen LogP contribution in [-0.4, -0.2) is 49.8 Å². The third kappa shape index (κ3) is 2.90. The van der Waals surface area contributed by atoms with Crippen LogP contribution >= 0.6 is 12.4 Å². The molecule has 3 N–H and O–H groups in total. The van der Waals surface area contributed by atoms with Crippen LogP contribution in [0, 0.1) is 13.8 Å². The van der Waals surface area contributed by atoms with E-state index in [0.29, 0.717) is 0 Å². The van der Waals surface area contributed by atoms with E-state index >= 15 is 0 Å². The fraction of sp³-hybridized carbons (Fsp3) is 0.389. The zero-order valence-corrected chi connectivity index (χ0v) is 14.8. The van der Waals surface area contributed by atoms with Gasteiger partial charge in [-0.05, 0) is 43.7 Å². The van der Waals surface area contributed by atoms with Crippen molar-refractivity contribution in [2.75, 3.05) is 6.61 Å². The molecule has 1 fully saturated rings. The van der Waals surface area contributed by atoms with E-state index in [1.807, 2.05) is 44.3 Å². The van der Waals surface area contributed by atoms with Gasteiger partial charge < -0.3 is 24.6 Å². The molecule has 134 valence electrons. The molecule has 1 saturated heterocycles. The molecule has 1 aliphatic rings. The van der Waals surface area contributed by atoms with Gasteiger partial charge in [0.1, 0.15) is 18.3 Å². The first kappa shape index (κ1) is 18.1. The highest BCUT2D eigenvalue weighted by atomic mass is 35.5. The fourth-order valence-electron chi connectivity index (χ4n) is 3.47. The lowest BCUT2D eigenvalue weighted by Crippen LogP contribution is -2.50. The Morgan fingerprint density at radius 1 is 1.12 bits per heavy atom. The minimum Gasteiger partial charge on any atom is -0.388 e. The van der Waals surface area contributed by atoms with Gasteiger partial charge in [0.05, 0.1) is 17.6 Å². The predicted octanol–water partition coefficient (Wildman–Crippen LogP) is 1.84. The van der Waals surface area contributed by atoms with Crippen molar-refractivity contribution in [1.29, 1.82) is 0 Å². The van der Waals surface area contributed by atoms with Crippen LogP contribution in [0.1, 0.15) is 17.5 Å². The number of ether oxygens (including phenoxy) is 1. The van der Waals surface area contributed by atoms with Crippen molar-refractivity contribution in [3.8, 4) is 0 Å². The van der Waals surface area contributed by atoms with E-state index in [2.05, 4.69) is 4.98 Å². The van der Waals surface area contributed by atoms with Gasteiger partial charge in [-0.2, -0.15) is 0 Å². The van der Waals surface area contributed by atoms with Gasteiger partial charge in [0.25, 0.3) is 0 Å². The third-order valence-corrected chi connectivity index (χ3v) is 4.73. The Bertz CT molecular complexity index is 926. The SMILES string of the molecule is Cc1cc(C)c2cc3c(ccn3C3OC[C@H](O)[C@H](O)[C@H]3O)cc2n1.Cl. The van der Waals surface area contributed by atoms with Gasteiger partial charge in [0.15, 0.2) is 6.23 Å². The normalized spacial score (nSPS) is 26.8. The van der Waals surface area contributed by atoms with Gasteiger partial charge in [-0.15, -0.1) is 12.4 Å². The summed E-state index contributed by atoms with van der Waals surface area (Å²) in [5.74, 6) is 0. The van der Waals surface area contributed by atoms with Crippen LogP contribution in [0.15, 0.2) is 30.5 Å². The minimum atomic E-state index is -1.23. The average molecular weight is 365 g/mol. The number of benzene rings is 1. The molecule has 4 atom stereocenters. The molecular weight excluding hydrogens is 344 g/mol. The van der Waals surface area contributed by atoms with E-state index in [4.69, 9.17) is 4.74 Å². The van der Waals surface area contributed by atoms with Crippen molar-refractivity contribution < 1.29 is 20.1 Å². The van der Waals surface area contributed by atoms with E-state index in [9.17, 15) is 15.3 Å². The summed E-state index contributed by atoms with van der Waals surface area (Å²) >= 11 is 0. The summed E-state index contributed by atoms with van der Waals surface area (Å²) in [6.07, 6.45) is -2.42. The highest BCUT2D eigenvalue weighted by Crippen LogP contribution is 2.31. The van der Waals surface area contributed by atoms with Crippen LogP contribution in [0.2, 0.25) is 0 Å². The predicted molar refractivity (Wildman–Crippen MR) is 97.0 cm³/mol. The monoisotopic (exact) mass is 364 g/mol. The molecule has 1 aromatic carbocycles. The summed E-state index contributed by atoms with van der Waals surface area (Å²) in [5.41, 5.74) is 3.93. The van der Waals surface area contributed by atoms with E-state index < -0.39 is 24.5 Å². The molecule has 3 aromatic rings. The first-order chi connectivity index (χ1) is 11.5.